The predicted octanol–water partition coefficient (Wildman–Crippen LogP) is 10.7. The SMILES string of the molecule is c1ccc(-c2nc(-n3c4ccccc4c4c5c6ccccc6sc5c5ccccc5c43)c3oc4ccccc4c3n2)cc1. The first-order valence-corrected chi connectivity index (χ1v) is 15.2. The third-order valence-corrected chi connectivity index (χ3v) is 9.80. The van der Waals surface area contributed by atoms with Gasteiger partial charge in [-0.05, 0) is 24.3 Å². The maximum absolute atomic E-state index is 6.61. The van der Waals surface area contributed by atoms with Gasteiger partial charge in [0.15, 0.2) is 17.2 Å². The number of hydrogen-bond acceptors (Lipinski definition) is 4. The molecule has 0 unspecified atom stereocenters. The summed E-state index contributed by atoms with van der Waals surface area (Å²) in [5.74, 6) is 1.42. The van der Waals surface area contributed by atoms with Crippen molar-refractivity contribution in [3.8, 4) is 17.2 Å². The second-order valence-corrected chi connectivity index (χ2v) is 12.0. The van der Waals surface area contributed by atoms with Gasteiger partial charge in [-0.2, -0.15) is 0 Å². The Bertz CT molecular complexity index is 2730. The van der Waals surface area contributed by atoms with Gasteiger partial charge in [-0.15, -0.1) is 11.3 Å². The molecule has 10 aromatic rings. The molecule has 0 saturated heterocycles. The molecule has 0 bridgehead atoms. The molecule has 0 aliphatic carbocycles. The molecule has 43 heavy (non-hydrogen) atoms. The molecular formula is C38H21N3OS. The smallest absolute Gasteiger partial charge is 0.197 e. The van der Waals surface area contributed by atoms with Crippen molar-refractivity contribution in [1.82, 2.24) is 14.5 Å². The summed E-state index contributed by atoms with van der Waals surface area (Å²) in [4.78, 5) is 10.4. The van der Waals surface area contributed by atoms with E-state index in [1.54, 1.807) is 0 Å². The summed E-state index contributed by atoms with van der Waals surface area (Å²) in [6, 6.07) is 44.5. The Morgan fingerprint density at radius 3 is 2.09 bits per heavy atom. The van der Waals surface area contributed by atoms with Gasteiger partial charge in [0.05, 0.1) is 11.0 Å². The highest BCUT2D eigenvalue weighted by atomic mass is 32.1. The van der Waals surface area contributed by atoms with Gasteiger partial charge < -0.3 is 4.42 Å². The summed E-state index contributed by atoms with van der Waals surface area (Å²) in [6.45, 7) is 0. The highest BCUT2D eigenvalue weighted by molar-refractivity contribution is 7.27. The summed E-state index contributed by atoms with van der Waals surface area (Å²) in [5.41, 5.74) is 5.49. The minimum Gasteiger partial charge on any atom is -0.450 e. The van der Waals surface area contributed by atoms with Crippen molar-refractivity contribution in [2.45, 2.75) is 0 Å². The Morgan fingerprint density at radius 2 is 1.23 bits per heavy atom. The van der Waals surface area contributed by atoms with Gasteiger partial charge in [0, 0.05) is 52.7 Å². The second kappa shape index (κ2) is 8.51. The van der Waals surface area contributed by atoms with E-state index in [9.17, 15) is 0 Å². The van der Waals surface area contributed by atoms with E-state index in [0.717, 1.165) is 38.9 Å². The topological polar surface area (TPSA) is 43.9 Å². The van der Waals surface area contributed by atoms with Crippen LogP contribution in [0.5, 0.6) is 0 Å². The lowest BCUT2D eigenvalue weighted by Crippen LogP contribution is -2.02. The Balaban J connectivity index is 1.49. The number of para-hydroxylation sites is 2. The average molecular weight is 568 g/mol. The third kappa shape index (κ3) is 3.09. The van der Waals surface area contributed by atoms with Crippen molar-refractivity contribution in [2.75, 3.05) is 0 Å². The summed E-state index contributed by atoms with van der Waals surface area (Å²) in [6.07, 6.45) is 0. The second-order valence-electron chi connectivity index (χ2n) is 10.9. The standard InChI is InChI=1S/C38H21N3OS/c1-2-12-22(13-3-1)37-39-33-26-17-7-10-20-29(26)42-35(33)38(40-37)41-28-19-9-6-16-25(28)31-32-27-18-8-11-21-30(27)43-36(32)24-15-5-4-14-23(24)34(31)41/h1-21H. The first-order chi connectivity index (χ1) is 21.3. The zero-order valence-corrected chi connectivity index (χ0v) is 23.6. The number of aromatic nitrogens is 3. The number of thiophene rings is 1. The molecule has 0 radical (unpaired) electrons. The van der Waals surface area contributed by atoms with E-state index in [1.807, 2.05) is 47.7 Å². The molecule has 5 heteroatoms. The lowest BCUT2D eigenvalue weighted by Gasteiger charge is -2.12. The van der Waals surface area contributed by atoms with Crippen LogP contribution in [-0.4, -0.2) is 14.5 Å². The van der Waals surface area contributed by atoms with Gasteiger partial charge in [-0.1, -0.05) is 103 Å². The van der Waals surface area contributed by atoms with Crippen LogP contribution < -0.4 is 0 Å². The molecule has 0 amide bonds. The first kappa shape index (κ1) is 23.1. The van der Waals surface area contributed by atoms with Crippen LogP contribution >= 0.6 is 11.3 Å². The molecule has 0 atom stereocenters. The van der Waals surface area contributed by atoms with Gasteiger partial charge in [0.2, 0.25) is 0 Å². The van der Waals surface area contributed by atoms with Crippen LogP contribution in [-0.2, 0) is 0 Å². The van der Waals surface area contributed by atoms with Crippen LogP contribution in [0.4, 0.5) is 0 Å². The van der Waals surface area contributed by atoms with Crippen LogP contribution in [0.3, 0.4) is 0 Å². The van der Waals surface area contributed by atoms with E-state index < -0.39 is 0 Å². The normalized spacial score (nSPS) is 12.2. The summed E-state index contributed by atoms with van der Waals surface area (Å²) >= 11 is 1.87. The van der Waals surface area contributed by atoms with E-state index in [0.29, 0.717) is 11.4 Å². The number of benzene rings is 6. The van der Waals surface area contributed by atoms with Gasteiger partial charge in [-0.3, -0.25) is 4.57 Å². The van der Waals surface area contributed by atoms with Gasteiger partial charge in [-0.25, -0.2) is 9.97 Å². The van der Waals surface area contributed by atoms with Crippen LogP contribution in [0.1, 0.15) is 0 Å². The molecular weight excluding hydrogens is 547 g/mol. The fourth-order valence-corrected chi connectivity index (χ4v) is 8.03. The van der Waals surface area contributed by atoms with Crippen LogP contribution in [0.25, 0.3) is 92.0 Å². The Kier molecular flexibility index (Phi) is 4.57. The minimum atomic E-state index is 0.673. The lowest BCUT2D eigenvalue weighted by molar-refractivity contribution is 0.662. The van der Waals surface area contributed by atoms with Crippen LogP contribution in [0.15, 0.2) is 132 Å². The number of rotatable bonds is 2. The van der Waals surface area contributed by atoms with Crippen LogP contribution in [0, 0.1) is 0 Å². The fraction of sp³-hybridized carbons (Fsp3) is 0. The number of hydrogen-bond donors (Lipinski definition) is 0. The molecule has 0 spiro atoms. The Labute approximate surface area is 249 Å². The molecule has 4 heterocycles. The maximum atomic E-state index is 6.61. The van der Waals surface area contributed by atoms with Gasteiger partial charge in [0.25, 0.3) is 0 Å². The molecule has 200 valence electrons. The fourth-order valence-electron chi connectivity index (χ4n) is 6.78. The molecule has 10 rings (SSSR count). The Morgan fingerprint density at radius 1 is 0.558 bits per heavy atom. The molecule has 0 saturated carbocycles. The van der Waals surface area contributed by atoms with Crippen LogP contribution in [0.2, 0.25) is 0 Å². The van der Waals surface area contributed by atoms with E-state index in [1.165, 1.54) is 41.7 Å². The predicted molar refractivity (Wildman–Crippen MR) is 179 cm³/mol. The highest BCUT2D eigenvalue weighted by Crippen LogP contribution is 2.48. The molecule has 0 aliphatic heterocycles. The molecule has 0 N–H and O–H groups in total. The molecule has 6 aromatic carbocycles. The van der Waals surface area contributed by atoms with Crippen molar-refractivity contribution in [3.05, 3.63) is 127 Å². The first-order valence-electron chi connectivity index (χ1n) is 14.4. The van der Waals surface area contributed by atoms with Crippen molar-refractivity contribution < 1.29 is 4.42 Å². The summed E-state index contributed by atoms with van der Waals surface area (Å²) in [5, 5.41) is 8.43. The molecule has 0 aliphatic rings. The molecule has 4 nitrogen and oxygen atoms in total. The largest absolute Gasteiger partial charge is 0.450 e. The monoisotopic (exact) mass is 567 g/mol. The maximum Gasteiger partial charge on any atom is 0.197 e. The van der Waals surface area contributed by atoms with Gasteiger partial charge in [0.1, 0.15) is 11.1 Å². The lowest BCUT2D eigenvalue weighted by atomic mass is 10.00. The van der Waals surface area contributed by atoms with Crippen molar-refractivity contribution >= 4 is 86.2 Å². The molecule has 0 fully saturated rings. The minimum absolute atomic E-state index is 0.673. The van der Waals surface area contributed by atoms with Crippen molar-refractivity contribution in [3.63, 3.8) is 0 Å². The van der Waals surface area contributed by atoms with Crippen molar-refractivity contribution in [1.29, 1.82) is 0 Å². The number of fused-ring (bicyclic) bond motifs is 13. The molecule has 4 aromatic heterocycles. The van der Waals surface area contributed by atoms with Crippen molar-refractivity contribution in [2.24, 2.45) is 0 Å². The van der Waals surface area contributed by atoms with Gasteiger partial charge >= 0.3 is 0 Å². The highest BCUT2D eigenvalue weighted by Gasteiger charge is 2.25. The summed E-state index contributed by atoms with van der Waals surface area (Å²) in [7, 11) is 0. The van der Waals surface area contributed by atoms with E-state index in [2.05, 4.69) is 95.6 Å². The Hall–Kier alpha value is -5.52. The number of furan rings is 1. The quantitative estimate of drug-likeness (QED) is 0.209. The van der Waals surface area contributed by atoms with E-state index in [-0.39, 0.29) is 0 Å². The van der Waals surface area contributed by atoms with E-state index >= 15 is 0 Å². The zero-order chi connectivity index (χ0) is 28.1. The third-order valence-electron chi connectivity index (χ3n) is 8.59. The summed E-state index contributed by atoms with van der Waals surface area (Å²) < 4.78 is 11.5. The number of nitrogens with zero attached hydrogens (tertiary/aromatic N) is 3. The van der Waals surface area contributed by atoms with E-state index in [4.69, 9.17) is 14.4 Å². The zero-order valence-electron chi connectivity index (χ0n) is 22.8. The average Bonchev–Trinajstić information content (AvgIpc) is 3.75.